The van der Waals surface area contributed by atoms with Gasteiger partial charge in [-0.25, -0.2) is 4.79 Å². The molecule has 2 N–H and O–H groups in total. The van der Waals surface area contributed by atoms with Gasteiger partial charge >= 0.3 is 11.9 Å². The molecule has 3 rings (SSSR count). The molecule has 0 atom stereocenters. The third-order valence-corrected chi connectivity index (χ3v) is 6.61. The van der Waals surface area contributed by atoms with Crippen molar-refractivity contribution in [1.29, 1.82) is 0 Å². The van der Waals surface area contributed by atoms with Crippen LogP contribution >= 0.6 is 11.8 Å². The minimum atomic E-state index is -0.384. The molecule has 7 nitrogen and oxygen atoms in total. The molecule has 0 spiro atoms. The van der Waals surface area contributed by atoms with Gasteiger partial charge in [0, 0.05) is 42.3 Å². The normalized spacial score (nSPS) is 16.5. The summed E-state index contributed by atoms with van der Waals surface area (Å²) in [7, 11) is 1.60. The molecule has 0 bridgehead atoms. The fourth-order valence-electron chi connectivity index (χ4n) is 3.76. The molecule has 2 aliphatic heterocycles. The summed E-state index contributed by atoms with van der Waals surface area (Å²) in [6, 6.07) is 0. The average molecular weight is 435 g/mol. The maximum absolute atomic E-state index is 12.1. The largest absolute Gasteiger partial charge is 0.496 e. The molecule has 1 fully saturated rings. The summed E-state index contributed by atoms with van der Waals surface area (Å²) in [6.45, 7) is 6.43. The van der Waals surface area contributed by atoms with Crippen LogP contribution in [-0.2, 0) is 27.3 Å². The number of esters is 2. The molecule has 0 unspecified atom stereocenters. The van der Waals surface area contributed by atoms with Crippen LogP contribution < -0.4 is 10.5 Å². The number of cyclic esters (lactones) is 1. The molecular weight excluding hydrogens is 404 g/mol. The summed E-state index contributed by atoms with van der Waals surface area (Å²) < 4.78 is 16.1. The Hall–Kier alpha value is -2.19. The summed E-state index contributed by atoms with van der Waals surface area (Å²) >= 11 is 1.90. The highest BCUT2D eigenvalue weighted by molar-refractivity contribution is 7.99. The van der Waals surface area contributed by atoms with Crippen molar-refractivity contribution in [2.75, 3.05) is 44.2 Å². The number of fused-ring (bicyclic) bond motifs is 1. The third kappa shape index (κ3) is 5.10. The Kier molecular flexibility index (Phi) is 7.66. The second-order valence-electron chi connectivity index (χ2n) is 7.61. The van der Waals surface area contributed by atoms with Crippen LogP contribution in [0.3, 0.4) is 0 Å². The number of nitrogens with two attached hydrogens (primary N) is 1. The second kappa shape index (κ2) is 10.2. The molecular formula is C22H30N2O5S. The predicted molar refractivity (Wildman–Crippen MR) is 118 cm³/mol. The standard InChI is InChI=1S/C22H30N2O5S/c1-14(5-7-18(25)28-10-8-24-9-11-30-13-24)4-6-16-20(23)19-17(12-29-22(19)26)15(2)21(16)27-3/h4H,5-13,23H2,1-3H3. The number of hydrogen-bond acceptors (Lipinski definition) is 8. The summed E-state index contributed by atoms with van der Waals surface area (Å²) in [5, 5.41) is 0. The number of nitrogen functional groups attached to an aromatic ring is 1. The van der Waals surface area contributed by atoms with Crippen molar-refractivity contribution >= 4 is 29.4 Å². The Morgan fingerprint density at radius 2 is 2.17 bits per heavy atom. The molecule has 2 aliphatic rings. The van der Waals surface area contributed by atoms with E-state index in [9.17, 15) is 9.59 Å². The van der Waals surface area contributed by atoms with Crippen molar-refractivity contribution in [2.45, 2.75) is 39.7 Å². The number of methoxy groups -OCH3 is 1. The molecule has 8 heteroatoms. The number of benzene rings is 1. The van der Waals surface area contributed by atoms with Crippen molar-refractivity contribution < 1.29 is 23.8 Å². The third-order valence-electron chi connectivity index (χ3n) is 5.59. The summed E-state index contributed by atoms with van der Waals surface area (Å²) in [5.41, 5.74) is 10.7. The topological polar surface area (TPSA) is 91.1 Å². The van der Waals surface area contributed by atoms with Crippen molar-refractivity contribution in [3.8, 4) is 5.75 Å². The van der Waals surface area contributed by atoms with Crippen molar-refractivity contribution in [3.63, 3.8) is 0 Å². The number of hydrogen-bond donors (Lipinski definition) is 1. The SMILES string of the molecule is COc1c(C)c2c(c(N)c1CC=C(C)CCC(=O)OCCN1CCSC1)C(=O)OC2. The molecule has 1 saturated heterocycles. The van der Waals surface area contributed by atoms with Crippen molar-refractivity contribution in [1.82, 2.24) is 4.90 Å². The van der Waals surface area contributed by atoms with Gasteiger partial charge in [-0.2, -0.15) is 0 Å². The first-order valence-electron chi connectivity index (χ1n) is 10.2. The van der Waals surface area contributed by atoms with E-state index in [2.05, 4.69) is 4.90 Å². The van der Waals surface area contributed by atoms with E-state index < -0.39 is 0 Å². The second-order valence-corrected chi connectivity index (χ2v) is 8.69. The number of allylic oxidation sites excluding steroid dienone is 2. The van der Waals surface area contributed by atoms with Crippen LogP contribution in [0.2, 0.25) is 0 Å². The van der Waals surface area contributed by atoms with E-state index in [1.165, 1.54) is 0 Å². The number of carbonyl (C=O) groups is 2. The van der Waals surface area contributed by atoms with Gasteiger partial charge in [-0.05, 0) is 32.3 Å². The summed E-state index contributed by atoms with van der Waals surface area (Å²) in [5.74, 6) is 2.30. The zero-order valence-electron chi connectivity index (χ0n) is 17.9. The molecule has 0 saturated carbocycles. The van der Waals surface area contributed by atoms with Gasteiger partial charge in [0.15, 0.2) is 0 Å². The van der Waals surface area contributed by atoms with E-state index in [0.29, 0.717) is 42.9 Å². The fourth-order valence-corrected chi connectivity index (χ4v) is 4.79. The van der Waals surface area contributed by atoms with Crippen LogP contribution in [-0.4, -0.2) is 55.3 Å². The Bertz CT molecular complexity index is 847. The van der Waals surface area contributed by atoms with E-state index in [1.54, 1.807) is 7.11 Å². The molecule has 0 amide bonds. The fraction of sp³-hybridized carbons (Fsp3) is 0.545. The Morgan fingerprint density at radius 1 is 1.37 bits per heavy atom. The number of nitrogens with zero attached hydrogens (tertiary/aromatic N) is 1. The minimum absolute atomic E-state index is 0.178. The zero-order chi connectivity index (χ0) is 21.7. The van der Waals surface area contributed by atoms with E-state index in [-0.39, 0.29) is 18.5 Å². The first-order valence-corrected chi connectivity index (χ1v) is 11.3. The van der Waals surface area contributed by atoms with Crippen LogP contribution in [0, 0.1) is 6.92 Å². The monoisotopic (exact) mass is 434 g/mol. The first kappa shape index (κ1) is 22.5. The van der Waals surface area contributed by atoms with Gasteiger partial charge in [0.1, 0.15) is 19.0 Å². The quantitative estimate of drug-likeness (QED) is 0.360. The predicted octanol–water partition coefficient (Wildman–Crippen LogP) is 3.07. The Labute approximate surface area is 181 Å². The van der Waals surface area contributed by atoms with Gasteiger partial charge in [-0.3, -0.25) is 9.69 Å². The highest BCUT2D eigenvalue weighted by Crippen LogP contribution is 2.39. The van der Waals surface area contributed by atoms with Crippen LogP contribution in [0.5, 0.6) is 5.75 Å². The lowest BCUT2D eigenvalue weighted by Crippen LogP contribution is -2.25. The molecule has 1 aromatic carbocycles. The Morgan fingerprint density at radius 3 is 2.87 bits per heavy atom. The van der Waals surface area contributed by atoms with E-state index in [1.807, 2.05) is 31.7 Å². The highest BCUT2D eigenvalue weighted by Gasteiger charge is 2.30. The van der Waals surface area contributed by atoms with Gasteiger partial charge in [0.2, 0.25) is 0 Å². The molecule has 2 heterocycles. The number of ether oxygens (including phenoxy) is 3. The van der Waals surface area contributed by atoms with E-state index >= 15 is 0 Å². The molecule has 0 aliphatic carbocycles. The summed E-state index contributed by atoms with van der Waals surface area (Å²) in [4.78, 5) is 26.3. The number of carbonyl (C=O) groups excluding carboxylic acids is 2. The van der Waals surface area contributed by atoms with E-state index in [0.717, 1.165) is 47.0 Å². The number of thioether (sulfide) groups is 1. The van der Waals surface area contributed by atoms with Crippen molar-refractivity contribution in [2.24, 2.45) is 0 Å². The maximum atomic E-state index is 12.1. The lowest BCUT2D eigenvalue weighted by Gasteiger charge is -2.16. The highest BCUT2D eigenvalue weighted by atomic mass is 32.2. The smallest absolute Gasteiger partial charge is 0.341 e. The van der Waals surface area contributed by atoms with Gasteiger partial charge in [-0.15, -0.1) is 11.8 Å². The lowest BCUT2D eigenvalue weighted by atomic mass is 9.94. The lowest BCUT2D eigenvalue weighted by molar-refractivity contribution is -0.143. The van der Waals surface area contributed by atoms with Crippen LogP contribution in [0.1, 0.15) is 46.8 Å². The Balaban J connectivity index is 1.56. The zero-order valence-corrected chi connectivity index (χ0v) is 18.7. The number of rotatable bonds is 9. The minimum Gasteiger partial charge on any atom is -0.496 e. The van der Waals surface area contributed by atoms with Gasteiger partial charge in [0.05, 0.1) is 18.4 Å². The van der Waals surface area contributed by atoms with Gasteiger partial charge < -0.3 is 19.9 Å². The summed E-state index contributed by atoms with van der Waals surface area (Å²) in [6.07, 6.45) is 3.50. The van der Waals surface area contributed by atoms with Crippen LogP contribution in [0.25, 0.3) is 0 Å². The first-order chi connectivity index (χ1) is 14.4. The molecule has 30 heavy (non-hydrogen) atoms. The van der Waals surface area contributed by atoms with Gasteiger partial charge in [0.25, 0.3) is 0 Å². The van der Waals surface area contributed by atoms with Gasteiger partial charge in [-0.1, -0.05) is 11.6 Å². The van der Waals surface area contributed by atoms with E-state index in [4.69, 9.17) is 19.9 Å². The average Bonchev–Trinajstić information content (AvgIpc) is 3.38. The maximum Gasteiger partial charge on any atom is 0.341 e. The molecule has 1 aromatic rings. The molecule has 0 radical (unpaired) electrons. The van der Waals surface area contributed by atoms with Crippen LogP contribution in [0.4, 0.5) is 5.69 Å². The van der Waals surface area contributed by atoms with Crippen molar-refractivity contribution in [3.05, 3.63) is 33.9 Å². The number of anilines is 1. The molecule has 0 aromatic heterocycles. The van der Waals surface area contributed by atoms with Crippen LogP contribution in [0.15, 0.2) is 11.6 Å². The molecule has 164 valence electrons.